The van der Waals surface area contributed by atoms with E-state index in [2.05, 4.69) is 36.1 Å². The number of aryl methyl sites for hydroxylation is 1. The van der Waals surface area contributed by atoms with Crippen LogP contribution in [0.2, 0.25) is 5.28 Å². The summed E-state index contributed by atoms with van der Waals surface area (Å²) in [5.41, 5.74) is 7.20. The molecule has 96 valence electrons. The van der Waals surface area contributed by atoms with Gasteiger partial charge in [0.25, 0.3) is 0 Å². The van der Waals surface area contributed by atoms with E-state index < -0.39 is 0 Å². The SMILES string of the molecule is CCC(C)CC(C)Nc1nc(Cl)nc(C)c1N. The van der Waals surface area contributed by atoms with Crippen LogP contribution in [0.1, 0.15) is 39.3 Å². The molecule has 2 atom stereocenters. The third-order valence-corrected chi connectivity index (χ3v) is 3.11. The Bertz CT molecular complexity index is 381. The Hall–Kier alpha value is -1.03. The van der Waals surface area contributed by atoms with Gasteiger partial charge in [0.15, 0.2) is 5.82 Å². The monoisotopic (exact) mass is 256 g/mol. The van der Waals surface area contributed by atoms with Gasteiger partial charge in [-0.05, 0) is 37.8 Å². The van der Waals surface area contributed by atoms with E-state index in [-0.39, 0.29) is 5.28 Å². The van der Waals surface area contributed by atoms with E-state index in [9.17, 15) is 0 Å². The first-order valence-electron chi connectivity index (χ1n) is 6.00. The van der Waals surface area contributed by atoms with Gasteiger partial charge in [-0.3, -0.25) is 0 Å². The second-order valence-electron chi connectivity index (χ2n) is 4.63. The molecule has 0 saturated carbocycles. The zero-order chi connectivity index (χ0) is 13.0. The number of nitrogens with zero attached hydrogens (tertiary/aromatic N) is 2. The summed E-state index contributed by atoms with van der Waals surface area (Å²) in [6, 6.07) is 0.317. The van der Waals surface area contributed by atoms with Crippen molar-refractivity contribution in [3.63, 3.8) is 0 Å². The third-order valence-electron chi connectivity index (χ3n) is 2.94. The fraction of sp³-hybridized carbons (Fsp3) is 0.667. The average molecular weight is 257 g/mol. The molecule has 1 aromatic heterocycles. The molecule has 1 aromatic rings. The van der Waals surface area contributed by atoms with E-state index in [0.717, 1.165) is 6.42 Å². The van der Waals surface area contributed by atoms with Crippen molar-refractivity contribution in [2.75, 3.05) is 11.1 Å². The summed E-state index contributed by atoms with van der Waals surface area (Å²) in [5.74, 6) is 1.32. The number of hydrogen-bond acceptors (Lipinski definition) is 4. The van der Waals surface area contributed by atoms with Gasteiger partial charge in [-0.25, -0.2) is 4.98 Å². The molecule has 0 fully saturated rings. The molecule has 0 saturated heterocycles. The molecule has 0 aromatic carbocycles. The maximum atomic E-state index is 5.92. The first-order chi connectivity index (χ1) is 7.93. The predicted molar refractivity (Wildman–Crippen MR) is 73.3 cm³/mol. The fourth-order valence-corrected chi connectivity index (χ4v) is 1.93. The zero-order valence-electron chi connectivity index (χ0n) is 10.9. The number of halogens is 1. The van der Waals surface area contributed by atoms with Gasteiger partial charge in [-0.1, -0.05) is 20.3 Å². The number of anilines is 2. The fourth-order valence-electron chi connectivity index (χ4n) is 1.72. The molecule has 0 aliphatic carbocycles. The van der Waals surface area contributed by atoms with Crippen molar-refractivity contribution in [2.45, 2.75) is 46.6 Å². The Morgan fingerprint density at radius 3 is 2.59 bits per heavy atom. The second-order valence-corrected chi connectivity index (χ2v) is 4.97. The van der Waals surface area contributed by atoms with Crippen molar-refractivity contribution in [3.05, 3.63) is 11.0 Å². The quantitative estimate of drug-likeness (QED) is 0.794. The lowest BCUT2D eigenvalue weighted by molar-refractivity contribution is 0.483. The largest absolute Gasteiger partial charge is 0.394 e. The van der Waals surface area contributed by atoms with Crippen LogP contribution in [0.3, 0.4) is 0 Å². The number of rotatable bonds is 5. The first-order valence-corrected chi connectivity index (χ1v) is 6.38. The number of hydrogen-bond donors (Lipinski definition) is 2. The molecule has 0 aliphatic heterocycles. The van der Waals surface area contributed by atoms with Crippen LogP contribution in [-0.2, 0) is 0 Å². The molecule has 2 unspecified atom stereocenters. The highest BCUT2D eigenvalue weighted by Gasteiger charge is 2.12. The molecule has 1 heterocycles. The summed E-state index contributed by atoms with van der Waals surface area (Å²) in [5, 5.41) is 3.53. The Kier molecular flexibility index (Phi) is 5.00. The van der Waals surface area contributed by atoms with E-state index >= 15 is 0 Å². The Labute approximate surface area is 108 Å². The maximum absolute atomic E-state index is 5.92. The Balaban J connectivity index is 2.74. The van der Waals surface area contributed by atoms with Gasteiger partial charge >= 0.3 is 0 Å². The van der Waals surface area contributed by atoms with E-state index in [4.69, 9.17) is 17.3 Å². The van der Waals surface area contributed by atoms with Crippen molar-refractivity contribution in [3.8, 4) is 0 Å². The summed E-state index contributed by atoms with van der Waals surface area (Å²) in [4.78, 5) is 8.13. The molecule has 3 N–H and O–H groups in total. The number of nitrogens with one attached hydrogen (secondary N) is 1. The zero-order valence-corrected chi connectivity index (χ0v) is 11.7. The molecule has 5 heteroatoms. The number of nitrogen functional groups attached to an aromatic ring is 1. The molecular formula is C12H21ClN4. The van der Waals surface area contributed by atoms with Crippen LogP contribution < -0.4 is 11.1 Å². The van der Waals surface area contributed by atoms with Crippen molar-refractivity contribution in [2.24, 2.45) is 5.92 Å². The van der Waals surface area contributed by atoms with Crippen molar-refractivity contribution in [1.82, 2.24) is 9.97 Å². The Morgan fingerprint density at radius 2 is 2.00 bits per heavy atom. The highest BCUT2D eigenvalue weighted by atomic mass is 35.5. The lowest BCUT2D eigenvalue weighted by Crippen LogP contribution is -2.20. The molecule has 0 spiro atoms. The minimum atomic E-state index is 0.231. The van der Waals surface area contributed by atoms with Crippen molar-refractivity contribution in [1.29, 1.82) is 0 Å². The summed E-state index contributed by atoms with van der Waals surface area (Å²) < 4.78 is 0. The van der Waals surface area contributed by atoms with Crippen molar-refractivity contribution < 1.29 is 0 Å². The summed E-state index contributed by atoms with van der Waals surface area (Å²) in [6.07, 6.45) is 2.25. The predicted octanol–water partition coefficient (Wildman–Crippen LogP) is 3.26. The lowest BCUT2D eigenvalue weighted by atomic mass is 10.0. The third kappa shape index (κ3) is 4.04. The molecule has 0 radical (unpaired) electrons. The topological polar surface area (TPSA) is 63.8 Å². The molecule has 0 bridgehead atoms. The summed E-state index contributed by atoms with van der Waals surface area (Å²) in [7, 11) is 0. The highest BCUT2D eigenvalue weighted by molar-refractivity contribution is 6.28. The van der Waals surface area contributed by atoms with Crippen molar-refractivity contribution >= 4 is 23.1 Å². The van der Waals surface area contributed by atoms with E-state index in [1.165, 1.54) is 6.42 Å². The number of aromatic nitrogens is 2. The van der Waals surface area contributed by atoms with Gasteiger partial charge in [0, 0.05) is 6.04 Å². The van der Waals surface area contributed by atoms with Crippen LogP contribution in [0.25, 0.3) is 0 Å². The van der Waals surface area contributed by atoms with Gasteiger partial charge in [0.05, 0.1) is 11.4 Å². The van der Waals surface area contributed by atoms with Crippen LogP contribution in [0, 0.1) is 12.8 Å². The maximum Gasteiger partial charge on any atom is 0.224 e. The normalized spacial score (nSPS) is 14.4. The standard InChI is InChI=1S/C12H21ClN4/c1-5-7(2)6-8(3)15-11-10(14)9(4)16-12(13)17-11/h7-8H,5-6,14H2,1-4H3,(H,15,16,17). The minimum Gasteiger partial charge on any atom is -0.394 e. The van der Waals surface area contributed by atoms with Gasteiger partial charge in [-0.15, -0.1) is 0 Å². The molecule has 0 aliphatic rings. The van der Waals surface area contributed by atoms with Crippen LogP contribution in [-0.4, -0.2) is 16.0 Å². The number of nitrogens with two attached hydrogens (primary N) is 1. The average Bonchev–Trinajstić information content (AvgIpc) is 2.24. The molecule has 1 rings (SSSR count). The van der Waals surface area contributed by atoms with Gasteiger partial charge < -0.3 is 11.1 Å². The van der Waals surface area contributed by atoms with Crippen LogP contribution in [0.15, 0.2) is 0 Å². The first kappa shape index (κ1) is 14.0. The van der Waals surface area contributed by atoms with E-state index in [1.54, 1.807) is 0 Å². The smallest absolute Gasteiger partial charge is 0.224 e. The summed E-state index contributed by atoms with van der Waals surface area (Å²) >= 11 is 5.82. The second kappa shape index (κ2) is 6.05. The van der Waals surface area contributed by atoms with E-state index in [1.807, 2.05) is 6.92 Å². The van der Waals surface area contributed by atoms with Gasteiger partial charge in [-0.2, -0.15) is 4.98 Å². The molecule has 17 heavy (non-hydrogen) atoms. The van der Waals surface area contributed by atoms with E-state index in [0.29, 0.717) is 29.2 Å². The Morgan fingerprint density at radius 1 is 1.35 bits per heavy atom. The highest BCUT2D eigenvalue weighted by Crippen LogP contribution is 2.22. The van der Waals surface area contributed by atoms with Gasteiger partial charge in [0.2, 0.25) is 5.28 Å². The van der Waals surface area contributed by atoms with Gasteiger partial charge in [0.1, 0.15) is 0 Å². The summed E-state index contributed by atoms with van der Waals surface area (Å²) in [6.45, 7) is 8.38. The van der Waals surface area contributed by atoms with Crippen LogP contribution >= 0.6 is 11.6 Å². The van der Waals surface area contributed by atoms with Crippen LogP contribution in [0.4, 0.5) is 11.5 Å². The lowest BCUT2D eigenvalue weighted by Gasteiger charge is -2.19. The molecule has 4 nitrogen and oxygen atoms in total. The molecule has 0 amide bonds. The minimum absolute atomic E-state index is 0.231. The van der Waals surface area contributed by atoms with Crippen LogP contribution in [0.5, 0.6) is 0 Å². The molecular weight excluding hydrogens is 236 g/mol.